The van der Waals surface area contributed by atoms with Crippen molar-refractivity contribution < 1.29 is 0 Å². The van der Waals surface area contributed by atoms with Crippen LogP contribution in [0.3, 0.4) is 0 Å². The summed E-state index contributed by atoms with van der Waals surface area (Å²) in [6, 6.07) is 13.3. The molecule has 0 radical (unpaired) electrons. The van der Waals surface area contributed by atoms with Crippen molar-refractivity contribution in [3.8, 4) is 11.3 Å². The number of nitrogens with one attached hydrogen (secondary N) is 2. The summed E-state index contributed by atoms with van der Waals surface area (Å²) in [4.78, 5) is 19.3. The van der Waals surface area contributed by atoms with E-state index in [0.717, 1.165) is 49.8 Å². The maximum absolute atomic E-state index is 4.91. The third-order valence-electron chi connectivity index (χ3n) is 7.41. The molecule has 0 bridgehead atoms. The summed E-state index contributed by atoms with van der Waals surface area (Å²) in [6.07, 6.45) is 10.2. The molecule has 5 rings (SSSR count). The van der Waals surface area contributed by atoms with Crippen molar-refractivity contribution >= 4 is 11.8 Å². The highest BCUT2D eigenvalue weighted by Gasteiger charge is 2.18. The molecule has 1 aliphatic carbocycles. The second-order valence-corrected chi connectivity index (χ2v) is 10.4. The topological polar surface area (TPSA) is 69.2 Å². The summed E-state index contributed by atoms with van der Waals surface area (Å²) >= 11 is 0. The molecule has 0 spiro atoms. The first-order valence-corrected chi connectivity index (χ1v) is 13.4. The Kier molecular flexibility index (Phi) is 8.08. The highest BCUT2D eigenvalue weighted by atomic mass is 15.2. The van der Waals surface area contributed by atoms with Crippen molar-refractivity contribution in [1.82, 2.24) is 24.8 Å². The molecule has 7 nitrogen and oxygen atoms in total. The number of anilines is 2. The van der Waals surface area contributed by atoms with E-state index in [1.54, 1.807) is 0 Å². The average molecular weight is 486 g/mol. The van der Waals surface area contributed by atoms with Crippen LogP contribution in [-0.2, 0) is 13.1 Å². The SMILES string of the molecule is Cc1ccc(CNc2ncc(-c3ccc(CN4CCN(C)CC4)cn3)c(NC3CCCCC3)n2)cc1. The van der Waals surface area contributed by atoms with Crippen LogP contribution in [-0.4, -0.2) is 64.0 Å². The normalized spacial score (nSPS) is 17.7. The molecular weight excluding hydrogens is 446 g/mol. The molecular formula is C29H39N7. The summed E-state index contributed by atoms with van der Waals surface area (Å²) in [5.74, 6) is 1.52. The monoisotopic (exact) mass is 485 g/mol. The molecule has 2 fully saturated rings. The molecule has 2 aromatic heterocycles. The highest BCUT2D eigenvalue weighted by molar-refractivity contribution is 5.73. The number of pyridine rings is 1. The van der Waals surface area contributed by atoms with Crippen LogP contribution in [0.1, 0.15) is 48.8 Å². The quantitative estimate of drug-likeness (QED) is 0.468. The smallest absolute Gasteiger partial charge is 0.224 e. The fourth-order valence-electron chi connectivity index (χ4n) is 5.03. The van der Waals surface area contributed by atoms with Gasteiger partial charge in [-0.15, -0.1) is 0 Å². The van der Waals surface area contributed by atoms with Crippen LogP contribution in [0, 0.1) is 6.92 Å². The van der Waals surface area contributed by atoms with Gasteiger partial charge < -0.3 is 15.5 Å². The van der Waals surface area contributed by atoms with E-state index in [2.05, 4.69) is 75.8 Å². The fraction of sp³-hybridized carbons (Fsp3) is 0.483. The summed E-state index contributed by atoms with van der Waals surface area (Å²) in [6.45, 7) is 8.23. The van der Waals surface area contributed by atoms with Gasteiger partial charge in [0.25, 0.3) is 0 Å². The largest absolute Gasteiger partial charge is 0.367 e. The van der Waals surface area contributed by atoms with Crippen molar-refractivity contribution in [2.45, 2.75) is 58.2 Å². The van der Waals surface area contributed by atoms with E-state index in [9.17, 15) is 0 Å². The van der Waals surface area contributed by atoms with Gasteiger partial charge in [-0.2, -0.15) is 4.98 Å². The molecule has 2 N–H and O–H groups in total. The van der Waals surface area contributed by atoms with Crippen molar-refractivity contribution in [3.63, 3.8) is 0 Å². The minimum absolute atomic E-state index is 0.453. The van der Waals surface area contributed by atoms with E-state index in [4.69, 9.17) is 9.97 Å². The minimum atomic E-state index is 0.453. The van der Waals surface area contributed by atoms with Gasteiger partial charge in [0.05, 0.1) is 11.3 Å². The first kappa shape index (κ1) is 24.7. The van der Waals surface area contributed by atoms with Gasteiger partial charge in [-0.3, -0.25) is 9.88 Å². The van der Waals surface area contributed by atoms with E-state index in [1.165, 1.54) is 48.8 Å². The van der Waals surface area contributed by atoms with Gasteiger partial charge in [0, 0.05) is 57.7 Å². The highest BCUT2D eigenvalue weighted by Crippen LogP contribution is 2.29. The number of nitrogens with zero attached hydrogens (tertiary/aromatic N) is 5. The number of aromatic nitrogens is 3. The van der Waals surface area contributed by atoms with Crippen LogP contribution >= 0.6 is 0 Å². The molecule has 7 heteroatoms. The van der Waals surface area contributed by atoms with Crippen LogP contribution in [0.25, 0.3) is 11.3 Å². The van der Waals surface area contributed by atoms with E-state index in [1.807, 2.05) is 12.4 Å². The third-order valence-corrected chi connectivity index (χ3v) is 7.41. The summed E-state index contributed by atoms with van der Waals surface area (Å²) in [7, 11) is 2.19. The van der Waals surface area contributed by atoms with E-state index < -0.39 is 0 Å². The summed E-state index contributed by atoms with van der Waals surface area (Å²) in [5, 5.41) is 7.14. The van der Waals surface area contributed by atoms with Gasteiger partial charge in [0.1, 0.15) is 5.82 Å². The summed E-state index contributed by atoms with van der Waals surface area (Å²) in [5.41, 5.74) is 5.61. The molecule has 1 aromatic carbocycles. The Hall–Kier alpha value is -3.03. The number of benzene rings is 1. The standard InChI is InChI=1S/C29H39N7/c1-22-8-10-23(11-9-22)18-31-29-32-20-26(28(34-29)33-25-6-4-3-5-7-25)27-13-12-24(19-30-27)21-36-16-14-35(2)15-17-36/h8-13,19-20,25H,3-7,14-18,21H2,1-2H3,(H2,31,32,33,34). The molecule has 3 heterocycles. The third kappa shape index (κ3) is 6.59. The van der Waals surface area contributed by atoms with Crippen LogP contribution in [0.2, 0.25) is 0 Å². The molecule has 1 aliphatic heterocycles. The lowest BCUT2D eigenvalue weighted by Gasteiger charge is -2.32. The van der Waals surface area contributed by atoms with Gasteiger partial charge in [-0.05, 0) is 44.0 Å². The Morgan fingerprint density at radius 2 is 1.61 bits per heavy atom. The Labute approximate surface area is 215 Å². The van der Waals surface area contributed by atoms with E-state index in [-0.39, 0.29) is 0 Å². The maximum atomic E-state index is 4.91. The Morgan fingerprint density at radius 1 is 0.861 bits per heavy atom. The first-order chi connectivity index (χ1) is 17.6. The maximum Gasteiger partial charge on any atom is 0.224 e. The van der Waals surface area contributed by atoms with Gasteiger partial charge in [-0.25, -0.2) is 4.98 Å². The number of hydrogen-bond donors (Lipinski definition) is 2. The number of hydrogen-bond acceptors (Lipinski definition) is 7. The summed E-state index contributed by atoms with van der Waals surface area (Å²) < 4.78 is 0. The van der Waals surface area contributed by atoms with Gasteiger partial charge >= 0.3 is 0 Å². The number of likely N-dealkylation sites (N-methyl/N-ethyl adjacent to an activating group) is 1. The van der Waals surface area contributed by atoms with Crippen molar-refractivity contribution in [3.05, 3.63) is 65.5 Å². The molecule has 0 unspecified atom stereocenters. The molecule has 1 saturated carbocycles. The van der Waals surface area contributed by atoms with Crippen molar-refractivity contribution in [1.29, 1.82) is 0 Å². The molecule has 3 aromatic rings. The van der Waals surface area contributed by atoms with Gasteiger partial charge in [-0.1, -0.05) is 55.2 Å². The predicted octanol–water partition coefficient (Wildman–Crippen LogP) is 4.95. The predicted molar refractivity (Wildman–Crippen MR) is 147 cm³/mol. The first-order valence-electron chi connectivity index (χ1n) is 13.4. The lowest BCUT2D eigenvalue weighted by molar-refractivity contribution is 0.148. The minimum Gasteiger partial charge on any atom is -0.367 e. The number of aryl methyl sites for hydroxylation is 1. The van der Waals surface area contributed by atoms with Gasteiger partial charge in [0.2, 0.25) is 5.95 Å². The molecule has 0 amide bonds. The Bertz CT molecular complexity index is 1100. The second kappa shape index (κ2) is 11.8. The number of piperazine rings is 1. The molecule has 36 heavy (non-hydrogen) atoms. The Morgan fingerprint density at radius 3 is 2.33 bits per heavy atom. The van der Waals surface area contributed by atoms with Crippen LogP contribution in [0.5, 0.6) is 0 Å². The molecule has 190 valence electrons. The second-order valence-electron chi connectivity index (χ2n) is 10.4. The fourth-order valence-corrected chi connectivity index (χ4v) is 5.03. The lowest BCUT2D eigenvalue weighted by Crippen LogP contribution is -2.43. The molecule has 0 atom stereocenters. The zero-order valence-electron chi connectivity index (χ0n) is 21.7. The Balaban J connectivity index is 1.31. The van der Waals surface area contributed by atoms with Crippen molar-refractivity contribution in [2.24, 2.45) is 0 Å². The lowest BCUT2D eigenvalue weighted by atomic mass is 9.95. The zero-order chi connectivity index (χ0) is 24.7. The molecule has 1 saturated heterocycles. The van der Waals surface area contributed by atoms with E-state index in [0.29, 0.717) is 18.5 Å². The zero-order valence-corrected chi connectivity index (χ0v) is 21.7. The van der Waals surface area contributed by atoms with Crippen molar-refractivity contribution in [2.75, 3.05) is 43.9 Å². The number of rotatable bonds is 8. The van der Waals surface area contributed by atoms with Crippen LogP contribution < -0.4 is 10.6 Å². The molecule has 2 aliphatic rings. The van der Waals surface area contributed by atoms with Crippen LogP contribution in [0.15, 0.2) is 48.8 Å². The van der Waals surface area contributed by atoms with Crippen LogP contribution in [0.4, 0.5) is 11.8 Å². The van der Waals surface area contributed by atoms with Gasteiger partial charge in [0.15, 0.2) is 0 Å². The van der Waals surface area contributed by atoms with E-state index >= 15 is 0 Å². The average Bonchev–Trinajstić information content (AvgIpc) is 2.91.